The Kier molecular flexibility index (Phi) is 3.00. The molecule has 0 aliphatic carbocycles. The van der Waals surface area contributed by atoms with Crippen LogP contribution in [0.3, 0.4) is 0 Å². The predicted molar refractivity (Wildman–Crippen MR) is 57.9 cm³/mol. The van der Waals surface area contributed by atoms with Crippen molar-refractivity contribution >= 4 is 5.97 Å². The summed E-state index contributed by atoms with van der Waals surface area (Å²) < 4.78 is 10.1. The van der Waals surface area contributed by atoms with Crippen molar-refractivity contribution in [3.05, 3.63) is 42.4 Å². The summed E-state index contributed by atoms with van der Waals surface area (Å²) in [5, 5.41) is 0. The van der Waals surface area contributed by atoms with E-state index in [0.717, 1.165) is 5.56 Å². The van der Waals surface area contributed by atoms with Gasteiger partial charge in [-0.1, -0.05) is 30.3 Å². The van der Waals surface area contributed by atoms with Gasteiger partial charge in [0.15, 0.2) is 5.76 Å². The fourth-order valence-corrected chi connectivity index (χ4v) is 1.30. The zero-order valence-corrected chi connectivity index (χ0v) is 8.84. The minimum atomic E-state index is -0.537. The van der Waals surface area contributed by atoms with E-state index in [0.29, 0.717) is 12.4 Å². The van der Waals surface area contributed by atoms with Gasteiger partial charge in [0.2, 0.25) is 0 Å². The maximum Gasteiger partial charge on any atom is 0.394 e. The highest BCUT2D eigenvalue weighted by Crippen LogP contribution is 2.19. The molecule has 0 aliphatic heterocycles. The van der Waals surface area contributed by atoms with Gasteiger partial charge in [0.05, 0.1) is 12.8 Å². The molecule has 0 saturated heterocycles. The Morgan fingerprint density at radius 3 is 2.81 bits per heavy atom. The van der Waals surface area contributed by atoms with Gasteiger partial charge in [-0.3, -0.25) is 0 Å². The lowest BCUT2D eigenvalue weighted by molar-refractivity contribution is 0.0482. The molecular weight excluding hydrogens is 207 g/mol. The number of hydrogen-bond donors (Lipinski definition) is 0. The average molecular weight is 218 g/mol. The SMILES string of the molecule is CCOC(=O)c1n[13cH]c(-c2ccccc2)o1. The Morgan fingerprint density at radius 2 is 2.12 bits per heavy atom. The molecule has 0 fully saturated rings. The zero-order chi connectivity index (χ0) is 11.4. The van der Waals surface area contributed by atoms with Crippen LogP contribution >= 0.6 is 0 Å². The van der Waals surface area contributed by atoms with Gasteiger partial charge in [-0.2, -0.15) is 0 Å². The molecule has 0 aliphatic rings. The highest BCUT2D eigenvalue weighted by molar-refractivity contribution is 5.84. The van der Waals surface area contributed by atoms with Gasteiger partial charge in [-0.25, -0.2) is 9.78 Å². The molecule has 82 valence electrons. The third-order valence-electron chi connectivity index (χ3n) is 2.01. The smallest absolute Gasteiger partial charge is 0.394 e. The molecule has 0 atom stereocenters. The van der Waals surface area contributed by atoms with Crippen LogP contribution in [0.25, 0.3) is 11.3 Å². The first-order valence-electron chi connectivity index (χ1n) is 4.99. The number of benzene rings is 1. The Bertz CT molecular complexity index is 476. The topological polar surface area (TPSA) is 52.3 Å². The number of carbonyl (C=O) groups is 1. The number of oxazole rings is 1. The van der Waals surface area contributed by atoms with Gasteiger partial charge >= 0.3 is 11.9 Å². The maximum atomic E-state index is 11.3. The molecule has 1 aromatic carbocycles. The highest BCUT2D eigenvalue weighted by atomic mass is 16.5. The summed E-state index contributed by atoms with van der Waals surface area (Å²) in [5.41, 5.74) is 0.880. The van der Waals surface area contributed by atoms with Crippen molar-refractivity contribution in [3.8, 4) is 11.3 Å². The van der Waals surface area contributed by atoms with Gasteiger partial charge in [0.25, 0.3) is 0 Å². The largest absolute Gasteiger partial charge is 0.459 e. The fraction of sp³-hybridized carbons (Fsp3) is 0.167. The van der Waals surface area contributed by atoms with Crippen LogP contribution in [0.5, 0.6) is 0 Å². The number of aromatic nitrogens is 1. The van der Waals surface area contributed by atoms with Crippen molar-refractivity contribution in [2.75, 3.05) is 6.61 Å². The van der Waals surface area contributed by atoms with Crippen molar-refractivity contribution < 1.29 is 13.9 Å². The van der Waals surface area contributed by atoms with Crippen molar-refractivity contribution in [2.45, 2.75) is 6.92 Å². The fourth-order valence-electron chi connectivity index (χ4n) is 1.30. The van der Waals surface area contributed by atoms with Gasteiger partial charge in [0, 0.05) is 5.56 Å². The highest BCUT2D eigenvalue weighted by Gasteiger charge is 2.14. The number of ether oxygens (including phenoxy) is 1. The van der Waals surface area contributed by atoms with E-state index < -0.39 is 5.97 Å². The molecule has 0 radical (unpaired) electrons. The van der Waals surface area contributed by atoms with Crippen LogP contribution in [-0.2, 0) is 4.74 Å². The summed E-state index contributed by atoms with van der Waals surface area (Å²) in [6.07, 6.45) is 1.52. The van der Waals surface area contributed by atoms with Crippen molar-refractivity contribution in [1.29, 1.82) is 0 Å². The van der Waals surface area contributed by atoms with E-state index in [1.54, 1.807) is 6.92 Å². The Labute approximate surface area is 92.9 Å². The van der Waals surface area contributed by atoms with E-state index in [-0.39, 0.29) is 5.89 Å². The lowest BCUT2D eigenvalue weighted by Gasteiger charge is -1.96. The minimum Gasteiger partial charge on any atom is -0.459 e. The van der Waals surface area contributed by atoms with Crippen LogP contribution in [0.4, 0.5) is 0 Å². The predicted octanol–water partition coefficient (Wildman–Crippen LogP) is 2.52. The van der Waals surface area contributed by atoms with Gasteiger partial charge < -0.3 is 9.15 Å². The van der Waals surface area contributed by atoms with E-state index in [1.807, 2.05) is 30.3 Å². The second kappa shape index (κ2) is 4.61. The van der Waals surface area contributed by atoms with Crippen LogP contribution < -0.4 is 0 Å². The van der Waals surface area contributed by atoms with E-state index in [4.69, 9.17) is 9.15 Å². The molecule has 0 unspecified atom stereocenters. The molecule has 0 saturated carbocycles. The summed E-state index contributed by atoms with van der Waals surface area (Å²) in [6.45, 7) is 2.04. The Hall–Kier alpha value is -2.10. The first-order valence-corrected chi connectivity index (χ1v) is 4.99. The number of carbonyl (C=O) groups excluding carboxylic acids is 1. The van der Waals surface area contributed by atoms with Gasteiger partial charge in [-0.15, -0.1) is 0 Å². The third kappa shape index (κ3) is 2.11. The standard InChI is InChI=1S/C12H11NO3/c1-2-15-12(14)11-13-8-10(16-11)9-6-4-3-5-7-9/h3-8H,2H2,1H3/i8+1. The Balaban J connectivity index is 2.23. The first kappa shape index (κ1) is 10.4. The summed E-state index contributed by atoms with van der Waals surface area (Å²) in [4.78, 5) is 15.2. The maximum absolute atomic E-state index is 11.3. The van der Waals surface area contributed by atoms with E-state index in [9.17, 15) is 4.79 Å². The molecule has 4 heteroatoms. The van der Waals surface area contributed by atoms with Crippen LogP contribution in [0.1, 0.15) is 17.6 Å². The molecule has 0 spiro atoms. The first-order chi connectivity index (χ1) is 7.81. The molecule has 0 N–H and O–H groups in total. The van der Waals surface area contributed by atoms with E-state index >= 15 is 0 Å². The van der Waals surface area contributed by atoms with Crippen LogP contribution in [0.15, 0.2) is 40.9 Å². The lowest BCUT2D eigenvalue weighted by Crippen LogP contribution is -2.04. The second-order valence-corrected chi connectivity index (χ2v) is 3.12. The van der Waals surface area contributed by atoms with E-state index in [1.165, 1.54) is 6.20 Å². The zero-order valence-electron chi connectivity index (χ0n) is 8.84. The molecular formula is C12H11NO3. The van der Waals surface area contributed by atoms with Crippen LogP contribution in [0.2, 0.25) is 0 Å². The normalized spacial score (nSPS) is 10.1. The molecule has 0 bridgehead atoms. The summed E-state index contributed by atoms with van der Waals surface area (Å²) in [7, 11) is 0. The van der Waals surface area contributed by atoms with Gasteiger partial charge in [-0.05, 0) is 6.92 Å². The number of hydrogen-bond acceptors (Lipinski definition) is 4. The van der Waals surface area contributed by atoms with Crippen LogP contribution in [0, 0.1) is 0 Å². The molecule has 2 aromatic rings. The number of rotatable bonds is 3. The molecule has 16 heavy (non-hydrogen) atoms. The quantitative estimate of drug-likeness (QED) is 0.743. The number of nitrogens with zero attached hydrogens (tertiary/aromatic N) is 1. The second-order valence-electron chi connectivity index (χ2n) is 3.12. The van der Waals surface area contributed by atoms with Crippen molar-refractivity contribution in [3.63, 3.8) is 0 Å². The molecule has 2 rings (SSSR count). The molecule has 1 aromatic heterocycles. The van der Waals surface area contributed by atoms with Crippen LogP contribution in [-0.4, -0.2) is 17.6 Å². The van der Waals surface area contributed by atoms with Gasteiger partial charge in [0.1, 0.15) is 0 Å². The number of esters is 1. The lowest BCUT2D eigenvalue weighted by atomic mass is 10.2. The monoisotopic (exact) mass is 218 g/mol. The third-order valence-corrected chi connectivity index (χ3v) is 2.01. The summed E-state index contributed by atoms with van der Waals surface area (Å²) >= 11 is 0. The van der Waals surface area contributed by atoms with Crippen molar-refractivity contribution in [1.82, 2.24) is 4.98 Å². The molecule has 1 heterocycles. The average Bonchev–Trinajstić information content (AvgIpc) is 2.80. The summed E-state index contributed by atoms with van der Waals surface area (Å²) in [5.74, 6) is 0.00837. The molecule has 4 nitrogen and oxygen atoms in total. The van der Waals surface area contributed by atoms with Crippen molar-refractivity contribution in [2.24, 2.45) is 0 Å². The van der Waals surface area contributed by atoms with E-state index in [2.05, 4.69) is 4.98 Å². The minimum absolute atomic E-state index is 0.0132. The Morgan fingerprint density at radius 1 is 1.38 bits per heavy atom. The molecule has 0 amide bonds. The summed E-state index contributed by atoms with van der Waals surface area (Å²) in [6, 6.07) is 9.46.